The molecule has 2 rings (SSSR count). The Bertz CT molecular complexity index is 594. The monoisotopic (exact) mass is 256 g/mol. The lowest BCUT2D eigenvalue weighted by Gasteiger charge is -2.06. The number of aryl methyl sites for hydroxylation is 2. The lowest BCUT2D eigenvalue weighted by Crippen LogP contribution is -2.14. The van der Waals surface area contributed by atoms with Gasteiger partial charge in [-0.25, -0.2) is 0 Å². The van der Waals surface area contributed by atoms with E-state index in [1.54, 1.807) is 0 Å². The predicted molar refractivity (Wildman–Crippen MR) is 78.4 cm³/mol. The van der Waals surface area contributed by atoms with E-state index < -0.39 is 0 Å². The zero-order chi connectivity index (χ0) is 14.0. The quantitative estimate of drug-likeness (QED) is 0.899. The minimum absolute atomic E-state index is 0.0255. The molecule has 0 unspecified atom stereocenters. The molecule has 0 aliphatic rings. The number of amides is 1. The van der Waals surface area contributed by atoms with Gasteiger partial charge in [-0.05, 0) is 44.5 Å². The SMILES string of the molecule is Cc1ccc(NC(=O)Cc2cc(C)n(C)c2C)cc1. The molecule has 0 fully saturated rings. The zero-order valence-corrected chi connectivity index (χ0v) is 11.9. The summed E-state index contributed by atoms with van der Waals surface area (Å²) in [6.45, 7) is 6.12. The van der Waals surface area contributed by atoms with E-state index in [9.17, 15) is 4.79 Å². The van der Waals surface area contributed by atoms with Gasteiger partial charge in [0.15, 0.2) is 0 Å². The van der Waals surface area contributed by atoms with Gasteiger partial charge in [0, 0.05) is 24.1 Å². The number of nitrogens with one attached hydrogen (secondary N) is 1. The molecule has 0 saturated heterocycles. The molecular formula is C16H20N2O. The maximum atomic E-state index is 12.0. The Labute approximate surface area is 114 Å². The van der Waals surface area contributed by atoms with Crippen molar-refractivity contribution in [3.05, 3.63) is 52.8 Å². The van der Waals surface area contributed by atoms with Gasteiger partial charge in [-0.15, -0.1) is 0 Å². The van der Waals surface area contributed by atoms with E-state index in [1.807, 2.05) is 52.1 Å². The molecule has 1 aromatic carbocycles. The normalized spacial score (nSPS) is 10.5. The zero-order valence-electron chi connectivity index (χ0n) is 11.9. The maximum absolute atomic E-state index is 12.0. The van der Waals surface area contributed by atoms with E-state index in [0.717, 1.165) is 16.9 Å². The van der Waals surface area contributed by atoms with E-state index in [1.165, 1.54) is 11.3 Å². The molecule has 0 saturated carbocycles. The highest BCUT2D eigenvalue weighted by Crippen LogP contribution is 2.15. The van der Waals surface area contributed by atoms with Crippen LogP contribution in [0.4, 0.5) is 5.69 Å². The molecule has 3 nitrogen and oxygen atoms in total. The van der Waals surface area contributed by atoms with Crippen molar-refractivity contribution in [3.8, 4) is 0 Å². The van der Waals surface area contributed by atoms with Crippen LogP contribution >= 0.6 is 0 Å². The van der Waals surface area contributed by atoms with Gasteiger partial charge >= 0.3 is 0 Å². The lowest BCUT2D eigenvalue weighted by molar-refractivity contribution is -0.115. The van der Waals surface area contributed by atoms with E-state index in [4.69, 9.17) is 0 Å². The van der Waals surface area contributed by atoms with Gasteiger partial charge in [0.2, 0.25) is 5.91 Å². The number of anilines is 1. The number of hydrogen-bond acceptors (Lipinski definition) is 1. The molecule has 1 aromatic heterocycles. The van der Waals surface area contributed by atoms with Gasteiger partial charge in [-0.3, -0.25) is 4.79 Å². The molecule has 3 heteroatoms. The molecule has 100 valence electrons. The molecule has 1 heterocycles. The van der Waals surface area contributed by atoms with Gasteiger partial charge in [0.1, 0.15) is 0 Å². The highest BCUT2D eigenvalue weighted by Gasteiger charge is 2.10. The lowest BCUT2D eigenvalue weighted by atomic mass is 10.1. The third kappa shape index (κ3) is 3.05. The maximum Gasteiger partial charge on any atom is 0.228 e. The molecule has 19 heavy (non-hydrogen) atoms. The summed E-state index contributed by atoms with van der Waals surface area (Å²) in [5.74, 6) is 0.0255. The number of carbonyl (C=O) groups is 1. The minimum atomic E-state index is 0.0255. The molecule has 0 aliphatic heterocycles. The topological polar surface area (TPSA) is 34.0 Å². The first-order chi connectivity index (χ1) is 8.97. The average molecular weight is 256 g/mol. The predicted octanol–water partition coefficient (Wildman–Crippen LogP) is 3.13. The Balaban J connectivity index is 2.05. The summed E-state index contributed by atoms with van der Waals surface area (Å²) in [5.41, 5.74) is 5.45. The summed E-state index contributed by atoms with van der Waals surface area (Å²) >= 11 is 0. The van der Waals surface area contributed by atoms with Crippen LogP contribution in [0.15, 0.2) is 30.3 Å². The van der Waals surface area contributed by atoms with Crippen LogP contribution in [0.2, 0.25) is 0 Å². The van der Waals surface area contributed by atoms with Crippen molar-refractivity contribution in [1.82, 2.24) is 4.57 Å². The molecule has 0 radical (unpaired) electrons. The van der Waals surface area contributed by atoms with E-state index in [2.05, 4.69) is 16.0 Å². The molecule has 1 amide bonds. The average Bonchev–Trinajstić information content (AvgIpc) is 2.60. The number of benzene rings is 1. The fraction of sp³-hybridized carbons (Fsp3) is 0.312. The number of hydrogen-bond donors (Lipinski definition) is 1. The van der Waals surface area contributed by atoms with Gasteiger partial charge in [0.05, 0.1) is 6.42 Å². The van der Waals surface area contributed by atoms with Crippen LogP contribution in [0.5, 0.6) is 0 Å². The summed E-state index contributed by atoms with van der Waals surface area (Å²) in [6, 6.07) is 9.91. The van der Waals surface area contributed by atoms with Gasteiger partial charge < -0.3 is 9.88 Å². The van der Waals surface area contributed by atoms with Crippen molar-refractivity contribution >= 4 is 11.6 Å². The van der Waals surface area contributed by atoms with Crippen molar-refractivity contribution in [2.75, 3.05) is 5.32 Å². The first-order valence-electron chi connectivity index (χ1n) is 6.45. The van der Waals surface area contributed by atoms with Crippen molar-refractivity contribution in [1.29, 1.82) is 0 Å². The summed E-state index contributed by atoms with van der Waals surface area (Å²) in [6.07, 6.45) is 0.418. The fourth-order valence-electron chi connectivity index (χ4n) is 2.13. The third-order valence-corrected chi connectivity index (χ3v) is 3.57. The number of aromatic nitrogens is 1. The van der Waals surface area contributed by atoms with Gasteiger partial charge in [-0.2, -0.15) is 0 Å². The highest BCUT2D eigenvalue weighted by atomic mass is 16.1. The first-order valence-corrected chi connectivity index (χ1v) is 6.45. The van der Waals surface area contributed by atoms with Crippen LogP contribution < -0.4 is 5.32 Å². The van der Waals surface area contributed by atoms with Gasteiger partial charge in [0.25, 0.3) is 0 Å². The van der Waals surface area contributed by atoms with Crippen LogP contribution in [-0.2, 0) is 18.3 Å². The fourth-order valence-corrected chi connectivity index (χ4v) is 2.13. The molecule has 0 spiro atoms. The Morgan fingerprint density at radius 2 is 1.79 bits per heavy atom. The van der Waals surface area contributed by atoms with Crippen molar-refractivity contribution in [3.63, 3.8) is 0 Å². The number of rotatable bonds is 3. The molecule has 1 N–H and O–H groups in total. The minimum Gasteiger partial charge on any atom is -0.352 e. The standard InChI is InChI=1S/C16H20N2O/c1-11-5-7-15(8-6-11)17-16(19)10-14-9-12(2)18(4)13(14)3/h5-9H,10H2,1-4H3,(H,17,19). The number of nitrogens with zero attached hydrogens (tertiary/aromatic N) is 1. The summed E-state index contributed by atoms with van der Waals surface area (Å²) < 4.78 is 2.11. The molecule has 0 bridgehead atoms. The van der Waals surface area contributed by atoms with Crippen LogP contribution in [0.1, 0.15) is 22.5 Å². The van der Waals surface area contributed by atoms with Crippen LogP contribution in [0.25, 0.3) is 0 Å². The van der Waals surface area contributed by atoms with Crippen molar-refractivity contribution in [2.45, 2.75) is 27.2 Å². The van der Waals surface area contributed by atoms with Crippen LogP contribution in [-0.4, -0.2) is 10.5 Å². The summed E-state index contributed by atoms with van der Waals surface area (Å²) in [7, 11) is 2.02. The van der Waals surface area contributed by atoms with E-state index in [0.29, 0.717) is 6.42 Å². The second-order valence-electron chi connectivity index (χ2n) is 5.05. The Kier molecular flexibility index (Phi) is 3.74. The molecular weight excluding hydrogens is 236 g/mol. The molecule has 0 atom stereocenters. The Morgan fingerprint density at radius 1 is 1.16 bits per heavy atom. The number of carbonyl (C=O) groups excluding carboxylic acids is 1. The summed E-state index contributed by atoms with van der Waals surface area (Å²) in [5, 5.41) is 2.93. The molecule has 0 aliphatic carbocycles. The summed E-state index contributed by atoms with van der Waals surface area (Å²) in [4.78, 5) is 12.0. The Hall–Kier alpha value is -2.03. The smallest absolute Gasteiger partial charge is 0.228 e. The largest absolute Gasteiger partial charge is 0.352 e. The first kappa shape index (κ1) is 13.4. The highest BCUT2D eigenvalue weighted by molar-refractivity contribution is 5.92. The van der Waals surface area contributed by atoms with Gasteiger partial charge in [-0.1, -0.05) is 17.7 Å². The van der Waals surface area contributed by atoms with E-state index in [-0.39, 0.29) is 5.91 Å². The third-order valence-electron chi connectivity index (χ3n) is 3.57. The Morgan fingerprint density at radius 3 is 2.32 bits per heavy atom. The van der Waals surface area contributed by atoms with Crippen molar-refractivity contribution < 1.29 is 4.79 Å². The second-order valence-corrected chi connectivity index (χ2v) is 5.05. The van der Waals surface area contributed by atoms with Crippen LogP contribution in [0, 0.1) is 20.8 Å². The van der Waals surface area contributed by atoms with Crippen molar-refractivity contribution in [2.24, 2.45) is 7.05 Å². The molecule has 2 aromatic rings. The second kappa shape index (κ2) is 5.31. The van der Waals surface area contributed by atoms with E-state index >= 15 is 0 Å². The van der Waals surface area contributed by atoms with Crippen LogP contribution in [0.3, 0.4) is 0 Å².